The maximum atomic E-state index is 4.99. The number of pyridine rings is 1. The topological polar surface area (TPSA) is 51.6 Å². The molecule has 1 aliphatic rings. The number of rotatable bonds is 5. The second kappa shape index (κ2) is 10.8. The molecule has 4 nitrogen and oxygen atoms in total. The Bertz CT molecular complexity index is 2110. The zero-order valence-electron chi connectivity index (χ0n) is 25.1. The van der Waals surface area contributed by atoms with Gasteiger partial charge in [0, 0.05) is 33.9 Å². The van der Waals surface area contributed by atoms with E-state index in [0.29, 0.717) is 17.5 Å². The Morgan fingerprint density at radius 3 is 1.67 bits per heavy atom. The second-order valence-corrected chi connectivity index (χ2v) is 11.9. The van der Waals surface area contributed by atoms with Crippen molar-refractivity contribution in [1.82, 2.24) is 19.9 Å². The van der Waals surface area contributed by atoms with E-state index in [-0.39, 0.29) is 5.41 Å². The van der Waals surface area contributed by atoms with Gasteiger partial charge < -0.3 is 0 Å². The Kier molecular flexibility index (Phi) is 6.42. The highest BCUT2D eigenvalue weighted by atomic mass is 15.0. The van der Waals surface area contributed by atoms with Crippen molar-refractivity contribution >= 4 is 0 Å². The van der Waals surface area contributed by atoms with Crippen LogP contribution < -0.4 is 0 Å². The Morgan fingerprint density at radius 2 is 1.00 bits per heavy atom. The van der Waals surface area contributed by atoms with E-state index in [4.69, 9.17) is 19.9 Å². The van der Waals surface area contributed by atoms with Crippen molar-refractivity contribution in [3.05, 3.63) is 157 Å². The minimum Gasteiger partial charge on any atom is -0.256 e. The van der Waals surface area contributed by atoms with E-state index in [1.54, 1.807) is 0 Å². The molecule has 1 aliphatic carbocycles. The van der Waals surface area contributed by atoms with Crippen LogP contribution in [0.5, 0.6) is 0 Å². The van der Waals surface area contributed by atoms with Gasteiger partial charge in [-0.2, -0.15) is 0 Å². The van der Waals surface area contributed by atoms with Crippen LogP contribution in [0.25, 0.3) is 67.7 Å². The average molecular weight is 579 g/mol. The highest BCUT2D eigenvalue weighted by molar-refractivity contribution is 5.99. The smallest absolute Gasteiger partial charge is 0.164 e. The molecule has 0 fully saturated rings. The standard InChI is InChI=1S/C41H30N4/c1-41(2)33-21-10-9-20-32(33)36-34(41)24-23-31(37(36)35-22-11-12-25-42-35)29-18-13-19-30(26-29)40-44-38(27-14-5-3-6-15-27)43-39(45-40)28-16-7-4-8-17-28/h3-26H,1-2H3. The van der Waals surface area contributed by atoms with Gasteiger partial charge in [0.15, 0.2) is 17.5 Å². The average Bonchev–Trinajstić information content (AvgIpc) is 3.35. The lowest BCUT2D eigenvalue weighted by molar-refractivity contribution is 0.660. The minimum absolute atomic E-state index is 0.109. The van der Waals surface area contributed by atoms with E-state index in [0.717, 1.165) is 39.1 Å². The molecule has 7 aromatic rings. The zero-order valence-corrected chi connectivity index (χ0v) is 25.1. The molecule has 0 saturated heterocycles. The molecule has 2 heterocycles. The molecule has 45 heavy (non-hydrogen) atoms. The molecule has 5 aromatic carbocycles. The van der Waals surface area contributed by atoms with Crippen molar-refractivity contribution < 1.29 is 0 Å². The van der Waals surface area contributed by atoms with Crippen molar-refractivity contribution in [2.45, 2.75) is 19.3 Å². The number of aromatic nitrogens is 4. The van der Waals surface area contributed by atoms with Gasteiger partial charge in [0.1, 0.15) is 0 Å². The molecule has 0 spiro atoms. The summed E-state index contributed by atoms with van der Waals surface area (Å²) in [6, 6.07) is 48.2. The normalized spacial score (nSPS) is 12.8. The lowest BCUT2D eigenvalue weighted by Gasteiger charge is -2.22. The van der Waals surface area contributed by atoms with Crippen LogP contribution in [0.3, 0.4) is 0 Å². The predicted molar refractivity (Wildman–Crippen MR) is 182 cm³/mol. The van der Waals surface area contributed by atoms with Crippen LogP contribution in [0, 0.1) is 0 Å². The molecule has 4 heteroatoms. The van der Waals surface area contributed by atoms with Gasteiger partial charge in [0.05, 0.1) is 5.69 Å². The third-order valence-corrected chi connectivity index (χ3v) is 8.80. The summed E-state index contributed by atoms with van der Waals surface area (Å²) < 4.78 is 0. The van der Waals surface area contributed by atoms with Crippen LogP contribution in [-0.4, -0.2) is 19.9 Å². The Hall–Kier alpha value is -5.74. The summed E-state index contributed by atoms with van der Waals surface area (Å²) in [6.45, 7) is 4.63. The van der Waals surface area contributed by atoms with Crippen molar-refractivity contribution in [1.29, 1.82) is 0 Å². The van der Waals surface area contributed by atoms with E-state index < -0.39 is 0 Å². The van der Waals surface area contributed by atoms with Gasteiger partial charge in [-0.05, 0) is 51.6 Å². The maximum Gasteiger partial charge on any atom is 0.164 e. The van der Waals surface area contributed by atoms with E-state index in [2.05, 4.69) is 86.6 Å². The molecule has 8 rings (SSSR count). The number of hydrogen-bond donors (Lipinski definition) is 0. The number of hydrogen-bond acceptors (Lipinski definition) is 4. The quantitative estimate of drug-likeness (QED) is 0.204. The van der Waals surface area contributed by atoms with Gasteiger partial charge in [-0.1, -0.05) is 135 Å². The van der Waals surface area contributed by atoms with Crippen LogP contribution in [-0.2, 0) is 5.41 Å². The predicted octanol–water partition coefficient (Wildman–Crippen LogP) is 9.91. The first-order valence-electron chi connectivity index (χ1n) is 15.2. The summed E-state index contributed by atoms with van der Waals surface area (Å²) in [6.07, 6.45) is 1.88. The molecule has 0 radical (unpaired) electrons. The fourth-order valence-electron chi connectivity index (χ4n) is 6.58. The van der Waals surface area contributed by atoms with Crippen LogP contribution >= 0.6 is 0 Å². The van der Waals surface area contributed by atoms with Crippen LogP contribution in [0.4, 0.5) is 0 Å². The summed E-state index contributed by atoms with van der Waals surface area (Å²) in [5, 5.41) is 0. The minimum atomic E-state index is -0.109. The monoisotopic (exact) mass is 578 g/mol. The van der Waals surface area contributed by atoms with Gasteiger partial charge in [-0.15, -0.1) is 0 Å². The number of fused-ring (bicyclic) bond motifs is 3. The molecular weight excluding hydrogens is 548 g/mol. The molecule has 0 bridgehead atoms. The summed E-state index contributed by atoms with van der Waals surface area (Å²) >= 11 is 0. The molecule has 0 saturated carbocycles. The fourth-order valence-corrected chi connectivity index (χ4v) is 6.58. The molecule has 0 amide bonds. The first-order valence-corrected chi connectivity index (χ1v) is 15.2. The molecule has 0 aliphatic heterocycles. The van der Waals surface area contributed by atoms with Gasteiger partial charge in [-0.3, -0.25) is 4.98 Å². The molecule has 0 N–H and O–H groups in total. The van der Waals surface area contributed by atoms with Crippen LogP contribution in [0.1, 0.15) is 25.0 Å². The second-order valence-electron chi connectivity index (χ2n) is 11.9. The summed E-state index contributed by atoms with van der Waals surface area (Å²) in [5.41, 5.74) is 12.2. The highest BCUT2D eigenvalue weighted by Crippen LogP contribution is 2.54. The Labute approximate surface area is 263 Å². The largest absolute Gasteiger partial charge is 0.256 e. The Morgan fingerprint density at radius 1 is 0.422 bits per heavy atom. The highest BCUT2D eigenvalue weighted by Gasteiger charge is 2.37. The first-order chi connectivity index (χ1) is 22.1. The van der Waals surface area contributed by atoms with Crippen LogP contribution in [0.2, 0.25) is 0 Å². The molecular formula is C41H30N4. The van der Waals surface area contributed by atoms with Crippen molar-refractivity contribution in [2.24, 2.45) is 0 Å². The first kappa shape index (κ1) is 26.9. The summed E-state index contributed by atoms with van der Waals surface area (Å²) in [4.78, 5) is 19.7. The number of benzene rings is 5. The van der Waals surface area contributed by atoms with Crippen molar-refractivity contribution in [3.63, 3.8) is 0 Å². The third-order valence-electron chi connectivity index (χ3n) is 8.80. The van der Waals surface area contributed by atoms with Crippen LogP contribution in [0.15, 0.2) is 146 Å². The Balaban J connectivity index is 1.34. The maximum absolute atomic E-state index is 4.99. The number of nitrogens with zero attached hydrogens (tertiary/aromatic N) is 4. The van der Waals surface area contributed by atoms with Crippen molar-refractivity contribution in [2.75, 3.05) is 0 Å². The molecule has 0 unspecified atom stereocenters. The van der Waals surface area contributed by atoms with Gasteiger partial charge in [0.25, 0.3) is 0 Å². The van der Waals surface area contributed by atoms with E-state index in [1.165, 1.54) is 22.3 Å². The lowest BCUT2D eigenvalue weighted by atomic mass is 9.81. The fraction of sp³-hybridized carbons (Fsp3) is 0.0732. The third kappa shape index (κ3) is 4.63. The summed E-state index contributed by atoms with van der Waals surface area (Å²) in [7, 11) is 0. The molecule has 0 atom stereocenters. The zero-order chi connectivity index (χ0) is 30.4. The van der Waals surface area contributed by atoms with E-state index >= 15 is 0 Å². The SMILES string of the molecule is CC1(C)c2ccccc2-c2c1ccc(-c1cccc(-c3nc(-c4ccccc4)nc(-c4ccccc4)n3)c1)c2-c1ccccn1. The van der Waals surface area contributed by atoms with E-state index in [1.807, 2.05) is 72.9 Å². The van der Waals surface area contributed by atoms with Gasteiger partial charge >= 0.3 is 0 Å². The van der Waals surface area contributed by atoms with Gasteiger partial charge in [-0.25, -0.2) is 15.0 Å². The summed E-state index contributed by atoms with van der Waals surface area (Å²) in [5.74, 6) is 1.93. The molecule has 214 valence electrons. The van der Waals surface area contributed by atoms with Crippen molar-refractivity contribution in [3.8, 4) is 67.7 Å². The van der Waals surface area contributed by atoms with Gasteiger partial charge in [0.2, 0.25) is 0 Å². The lowest BCUT2D eigenvalue weighted by Crippen LogP contribution is -2.14. The molecule has 2 aromatic heterocycles. The van der Waals surface area contributed by atoms with E-state index in [9.17, 15) is 0 Å².